The molecule has 1 unspecified atom stereocenters. The summed E-state index contributed by atoms with van der Waals surface area (Å²) in [5.41, 5.74) is 9.47. The fourth-order valence-corrected chi connectivity index (χ4v) is 6.12. The first-order valence-electron chi connectivity index (χ1n) is 14.0. The minimum Gasteiger partial charge on any atom is -0.452 e. The van der Waals surface area contributed by atoms with Gasteiger partial charge in [-0.25, -0.2) is 9.56 Å². The third-order valence-electron chi connectivity index (χ3n) is 7.32. The van der Waals surface area contributed by atoms with Gasteiger partial charge in [0.25, 0.3) is 0 Å². The summed E-state index contributed by atoms with van der Waals surface area (Å²) in [6, 6.07) is 16.2. The number of nitrogens with one attached hydrogen (secondary N) is 1. The lowest BCUT2D eigenvalue weighted by atomic mass is 10.1. The van der Waals surface area contributed by atoms with Crippen molar-refractivity contribution in [3.05, 3.63) is 65.8 Å². The molecular weight excluding hydrogens is 552 g/mol. The maximum Gasteiger partial charge on any atom is 0.243 e. The van der Waals surface area contributed by atoms with Crippen LogP contribution in [0.3, 0.4) is 0 Å². The number of amides is 2. The van der Waals surface area contributed by atoms with Crippen molar-refractivity contribution < 1.29 is 14.0 Å². The number of aryl methyl sites for hydroxylation is 1. The number of carbonyl (C=O) groups is 2. The summed E-state index contributed by atoms with van der Waals surface area (Å²) in [6.07, 6.45) is 2.79. The monoisotopic (exact) mass is 585 g/mol. The number of benzene rings is 3. The second-order valence-electron chi connectivity index (χ2n) is 10.5. The summed E-state index contributed by atoms with van der Waals surface area (Å²) in [5.74, 6) is 1.03. The van der Waals surface area contributed by atoms with Crippen molar-refractivity contribution in [2.45, 2.75) is 31.2 Å². The van der Waals surface area contributed by atoms with E-state index in [2.05, 4.69) is 27.8 Å². The van der Waals surface area contributed by atoms with Gasteiger partial charge in [0.2, 0.25) is 17.2 Å². The fourth-order valence-electron chi connectivity index (χ4n) is 5.17. The number of anilines is 1. The molecule has 0 spiro atoms. The van der Waals surface area contributed by atoms with E-state index in [-0.39, 0.29) is 30.0 Å². The molecule has 0 saturated carbocycles. The molecule has 3 aromatic rings. The summed E-state index contributed by atoms with van der Waals surface area (Å²) in [6.45, 7) is 1.94. The molecule has 0 radical (unpaired) electrons. The van der Waals surface area contributed by atoms with Crippen LogP contribution in [0.5, 0.6) is 0 Å². The molecule has 3 N–H and O–H groups in total. The number of aromatic nitrogens is 4. The predicted octanol–water partition coefficient (Wildman–Crippen LogP) is 2.53. The molecule has 1 fully saturated rings. The van der Waals surface area contributed by atoms with Crippen molar-refractivity contribution >= 4 is 51.1 Å². The largest absolute Gasteiger partial charge is 0.452 e. The molecule has 216 valence electrons. The highest BCUT2D eigenvalue weighted by atomic mass is 32.2. The molecule has 2 aliphatic heterocycles. The molecule has 12 heteroatoms. The van der Waals surface area contributed by atoms with Crippen LogP contribution in [0.15, 0.2) is 59.1 Å². The van der Waals surface area contributed by atoms with Crippen molar-refractivity contribution in [2.24, 2.45) is 5.73 Å². The van der Waals surface area contributed by atoms with Gasteiger partial charge >= 0.3 is 0 Å². The van der Waals surface area contributed by atoms with Crippen molar-refractivity contribution in [1.82, 2.24) is 29.5 Å². The number of nitrogens with two attached hydrogens (primary N) is 1. The Balaban J connectivity index is 1.13. The molecule has 2 aromatic carbocycles. The van der Waals surface area contributed by atoms with E-state index in [1.165, 1.54) is 16.7 Å². The van der Waals surface area contributed by atoms with Gasteiger partial charge in [0, 0.05) is 60.4 Å². The van der Waals surface area contributed by atoms with Crippen LogP contribution in [0.1, 0.15) is 18.5 Å². The smallest absolute Gasteiger partial charge is 0.243 e. The zero-order valence-electron chi connectivity index (χ0n) is 23.6. The van der Waals surface area contributed by atoms with E-state index >= 15 is 0 Å². The Labute approximate surface area is 246 Å². The van der Waals surface area contributed by atoms with Crippen molar-refractivity contribution in [3.63, 3.8) is 0 Å². The van der Waals surface area contributed by atoms with Crippen molar-refractivity contribution in [3.8, 4) is 11.5 Å². The third-order valence-corrected chi connectivity index (χ3v) is 8.56. The highest BCUT2D eigenvalue weighted by molar-refractivity contribution is 8.00. The zero-order valence-corrected chi connectivity index (χ0v) is 24.4. The second kappa shape index (κ2) is 11.9. The van der Waals surface area contributed by atoms with Gasteiger partial charge < -0.3 is 15.5 Å². The molecule has 3 aliphatic rings. The van der Waals surface area contributed by atoms with E-state index in [0.29, 0.717) is 31.1 Å². The quantitative estimate of drug-likeness (QED) is 0.0833. The SMILES string of the molecule is C[N+](C)=c1ccc2nc3c(cc(NCCCn4cc(CN5C(=O)CC(SCCN)C5=O)nn4)c4ccccc43)oc-2c1. The molecule has 1 saturated heterocycles. The van der Waals surface area contributed by atoms with E-state index in [1.54, 1.807) is 10.9 Å². The van der Waals surface area contributed by atoms with E-state index < -0.39 is 0 Å². The number of thioether (sulfide) groups is 1. The molecule has 1 aromatic heterocycles. The van der Waals surface area contributed by atoms with Gasteiger partial charge in [-0.2, -0.15) is 0 Å². The number of hydrogen-bond donors (Lipinski definition) is 2. The zero-order chi connectivity index (χ0) is 29.2. The maximum absolute atomic E-state index is 12.6. The Morgan fingerprint density at radius 1 is 1.14 bits per heavy atom. The normalized spacial score (nSPS) is 15.4. The number of hydrogen-bond acceptors (Lipinski definition) is 9. The molecule has 2 amide bonds. The van der Waals surface area contributed by atoms with E-state index in [1.807, 2.05) is 55.1 Å². The van der Waals surface area contributed by atoms with Gasteiger partial charge in [0.05, 0.1) is 24.1 Å². The van der Waals surface area contributed by atoms with Crippen LogP contribution in [0, 0.1) is 0 Å². The van der Waals surface area contributed by atoms with Crippen LogP contribution in [0.4, 0.5) is 5.69 Å². The van der Waals surface area contributed by atoms with Gasteiger partial charge in [-0.1, -0.05) is 29.5 Å². The predicted molar refractivity (Wildman–Crippen MR) is 164 cm³/mol. The highest BCUT2D eigenvalue weighted by Crippen LogP contribution is 2.34. The van der Waals surface area contributed by atoms with E-state index in [4.69, 9.17) is 15.1 Å². The molecule has 1 aliphatic carbocycles. The van der Waals surface area contributed by atoms with Gasteiger partial charge in [-0.15, -0.1) is 16.9 Å². The first-order chi connectivity index (χ1) is 20.4. The topological polar surface area (TPSA) is 135 Å². The highest BCUT2D eigenvalue weighted by Gasteiger charge is 2.38. The van der Waals surface area contributed by atoms with Crippen molar-refractivity contribution in [1.29, 1.82) is 0 Å². The molecule has 0 bridgehead atoms. The first kappa shape index (κ1) is 27.9. The maximum atomic E-state index is 12.6. The Kier molecular flexibility index (Phi) is 7.90. The summed E-state index contributed by atoms with van der Waals surface area (Å²) in [5, 5.41) is 14.7. The fraction of sp³-hybridized carbons (Fsp3) is 0.333. The Morgan fingerprint density at radius 3 is 2.79 bits per heavy atom. The lowest BCUT2D eigenvalue weighted by Gasteiger charge is -2.13. The molecule has 11 nitrogen and oxygen atoms in total. The van der Waals surface area contributed by atoms with Gasteiger partial charge in [-0.3, -0.25) is 19.2 Å². The molecular formula is C30H33N8O3S+. The average molecular weight is 586 g/mol. The Bertz CT molecular complexity index is 1830. The van der Waals surface area contributed by atoms with E-state index in [0.717, 1.165) is 50.8 Å². The van der Waals surface area contributed by atoms with E-state index in [9.17, 15) is 9.59 Å². The number of fused-ring (bicyclic) bond motifs is 4. The van der Waals surface area contributed by atoms with Crippen LogP contribution >= 0.6 is 11.8 Å². The third kappa shape index (κ3) is 5.59. The summed E-state index contributed by atoms with van der Waals surface area (Å²) in [4.78, 5) is 31.2. The number of rotatable bonds is 10. The second-order valence-corrected chi connectivity index (χ2v) is 11.8. The number of likely N-dealkylation sites (tertiary alicyclic amines) is 1. The van der Waals surface area contributed by atoms with Crippen LogP contribution in [0.25, 0.3) is 33.3 Å². The standard InChI is InChI=1S/C30H32N8O3S/c1-36(2)20-8-9-23-25(14-20)41-26-15-24(21-6-3-4-7-22(21)29(26)33-23)32-11-5-12-37-17-19(34-35-37)18-38-28(39)16-27(30(38)40)42-13-10-31/h3-4,6-9,14-15,17,27H,5,10-13,16,18,31H2,1-2H3/p+1. The molecule has 3 heterocycles. The average Bonchev–Trinajstić information content (AvgIpc) is 3.56. The number of imide groups is 1. The molecule has 42 heavy (non-hydrogen) atoms. The van der Waals surface area contributed by atoms with Gasteiger partial charge in [0.15, 0.2) is 11.3 Å². The van der Waals surface area contributed by atoms with Crippen LogP contribution < -0.4 is 21.0 Å². The van der Waals surface area contributed by atoms with Crippen LogP contribution in [-0.2, 0) is 22.7 Å². The van der Waals surface area contributed by atoms with Crippen LogP contribution in [-0.4, -0.2) is 74.9 Å². The minimum absolute atomic E-state index is 0.140. The van der Waals surface area contributed by atoms with Gasteiger partial charge in [0.1, 0.15) is 31.0 Å². The first-order valence-corrected chi connectivity index (χ1v) is 15.0. The van der Waals surface area contributed by atoms with Crippen molar-refractivity contribution in [2.75, 3.05) is 38.3 Å². The summed E-state index contributed by atoms with van der Waals surface area (Å²) in [7, 11) is 4.00. The van der Waals surface area contributed by atoms with Gasteiger partial charge in [-0.05, 0) is 12.5 Å². The summed E-state index contributed by atoms with van der Waals surface area (Å²) < 4.78 is 10.1. The lowest BCUT2D eigenvalue weighted by Crippen LogP contribution is -2.31. The van der Waals surface area contributed by atoms with Crippen LogP contribution in [0.2, 0.25) is 0 Å². The molecule has 6 rings (SSSR count). The lowest BCUT2D eigenvalue weighted by molar-refractivity contribution is -0.139. The minimum atomic E-state index is -0.355. The Hall–Kier alpha value is -4.29. The summed E-state index contributed by atoms with van der Waals surface area (Å²) >= 11 is 1.43. The number of nitrogens with zero attached hydrogens (tertiary/aromatic N) is 6. The Morgan fingerprint density at radius 2 is 1.98 bits per heavy atom. The molecule has 1 atom stereocenters. The number of carbonyl (C=O) groups excluding carboxylic acids is 2.